The van der Waals surface area contributed by atoms with Crippen LogP contribution in [-0.2, 0) is 5.75 Å². The molecule has 5 rings (SSSR count). The average Bonchev–Trinajstić information content (AvgIpc) is 2.96. The number of fused-ring (bicyclic) bond motifs is 3. The van der Waals surface area contributed by atoms with Gasteiger partial charge in [-0.15, -0.1) is 10.2 Å². The van der Waals surface area contributed by atoms with Gasteiger partial charge >= 0.3 is 0 Å². The first-order chi connectivity index (χ1) is 14.8. The molecule has 0 fully saturated rings. The molecule has 0 unspecified atom stereocenters. The van der Waals surface area contributed by atoms with Gasteiger partial charge in [0, 0.05) is 35.0 Å². The second kappa shape index (κ2) is 8.08. The fourth-order valence-electron chi connectivity index (χ4n) is 3.15. The zero-order valence-corrected chi connectivity index (χ0v) is 16.5. The van der Waals surface area contributed by atoms with Gasteiger partial charge in [0.1, 0.15) is 5.82 Å². The van der Waals surface area contributed by atoms with Crippen molar-refractivity contribution in [3.8, 4) is 17.1 Å². The van der Waals surface area contributed by atoms with Crippen molar-refractivity contribution >= 4 is 17.4 Å². The van der Waals surface area contributed by atoms with Gasteiger partial charge in [-0.25, -0.2) is 4.39 Å². The minimum Gasteiger partial charge on any atom is -0.448 e. The number of para-hydroxylation sites is 1. The maximum Gasteiger partial charge on any atom is 0.247 e. The maximum absolute atomic E-state index is 13.9. The highest BCUT2D eigenvalue weighted by Crippen LogP contribution is 2.39. The van der Waals surface area contributed by atoms with Gasteiger partial charge in [0.2, 0.25) is 11.0 Å². The average molecular weight is 417 g/mol. The largest absolute Gasteiger partial charge is 0.448 e. The van der Waals surface area contributed by atoms with Gasteiger partial charge in [-0.2, -0.15) is 4.98 Å². The molecule has 0 saturated heterocycles. The van der Waals surface area contributed by atoms with Crippen LogP contribution >= 0.6 is 11.8 Å². The highest BCUT2D eigenvalue weighted by molar-refractivity contribution is 7.98. The second-order valence-electron chi connectivity index (χ2n) is 6.60. The van der Waals surface area contributed by atoms with Crippen LogP contribution in [0.3, 0.4) is 0 Å². The summed E-state index contributed by atoms with van der Waals surface area (Å²) in [5.74, 6) is 0.514. The van der Waals surface area contributed by atoms with Crippen LogP contribution in [-0.4, -0.2) is 20.2 Å². The summed E-state index contributed by atoms with van der Waals surface area (Å²) in [7, 11) is 0. The maximum atomic E-state index is 13.9. The third-order valence-electron chi connectivity index (χ3n) is 4.64. The molecule has 3 heterocycles. The highest BCUT2D eigenvalue weighted by atomic mass is 32.2. The van der Waals surface area contributed by atoms with Crippen LogP contribution in [0.25, 0.3) is 11.3 Å². The van der Waals surface area contributed by atoms with Crippen molar-refractivity contribution in [1.29, 1.82) is 0 Å². The third-order valence-corrected chi connectivity index (χ3v) is 5.52. The molecule has 0 saturated carbocycles. The normalized spacial score (nSPS) is 14.6. The molecule has 0 amide bonds. The fourth-order valence-corrected chi connectivity index (χ4v) is 3.91. The predicted molar refractivity (Wildman–Crippen MR) is 112 cm³/mol. The molecule has 1 aliphatic rings. The fraction of sp³-hybridized carbons (Fsp3) is 0.0909. The molecular weight excluding hydrogens is 401 g/mol. The number of benzene rings is 2. The minimum absolute atomic E-state index is 0.251. The monoisotopic (exact) mass is 417 g/mol. The Labute approximate surface area is 176 Å². The molecule has 4 aromatic rings. The van der Waals surface area contributed by atoms with Crippen molar-refractivity contribution in [2.75, 3.05) is 5.32 Å². The van der Waals surface area contributed by atoms with E-state index in [1.165, 1.54) is 17.8 Å². The standard InChI is InChI=1S/C22H16FN5OS/c23-17-9-3-1-6-15(17)13-30-22-26-21-19(27-28-22)16-8-2-4-10-18(16)25-20(29-21)14-7-5-11-24-12-14/h1-12,20,25H,13H2/t20-/m0/s1. The summed E-state index contributed by atoms with van der Waals surface area (Å²) in [4.78, 5) is 8.76. The van der Waals surface area contributed by atoms with Crippen LogP contribution in [0, 0.1) is 5.82 Å². The summed E-state index contributed by atoms with van der Waals surface area (Å²) in [6.45, 7) is 0. The molecule has 1 atom stereocenters. The Balaban J connectivity index is 1.49. The van der Waals surface area contributed by atoms with E-state index < -0.39 is 6.23 Å². The number of pyridine rings is 1. The summed E-state index contributed by atoms with van der Waals surface area (Å²) in [5, 5.41) is 12.4. The smallest absolute Gasteiger partial charge is 0.247 e. The molecule has 0 aliphatic carbocycles. The number of halogens is 1. The van der Waals surface area contributed by atoms with Crippen molar-refractivity contribution in [3.05, 3.63) is 90.0 Å². The Hall–Kier alpha value is -3.52. The number of rotatable bonds is 4. The van der Waals surface area contributed by atoms with E-state index in [1.54, 1.807) is 30.6 Å². The second-order valence-corrected chi connectivity index (χ2v) is 7.54. The first-order valence-corrected chi connectivity index (χ1v) is 10.3. The van der Waals surface area contributed by atoms with Crippen LogP contribution in [0.5, 0.6) is 5.88 Å². The van der Waals surface area contributed by atoms with Crippen molar-refractivity contribution in [1.82, 2.24) is 20.2 Å². The molecule has 30 heavy (non-hydrogen) atoms. The van der Waals surface area contributed by atoms with Gasteiger partial charge < -0.3 is 10.1 Å². The van der Waals surface area contributed by atoms with Crippen LogP contribution in [0.2, 0.25) is 0 Å². The molecule has 0 bridgehead atoms. The van der Waals surface area contributed by atoms with E-state index in [4.69, 9.17) is 4.74 Å². The summed E-state index contributed by atoms with van der Waals surface area (Å²) in [6.07, 6.45) is 2.97. The number of nitrogens with one attached hydrogen (secondary N) is 1. The molecule has 0 spiro atoms. The van der Waals surface area contributed by atoms with Crippen LogP contribution in [0.1, 0.15) is 17.4 Å². The van der Waals surface area contributed by atoms with Crippen LogP contribution < -0.4 is 10.1 Å². The number of nitrogens with zero attached hydrogens (tertiary/aromatic N) is 4. The lowest BCUT2D eigenvalue weighted by molar-refractivity contribution is 0.225. The Morgan fingerprint density at radius 3 is 2.73 bits per heavy atom. The molecule has 1 N–H and O–H groups in total. The topological polar surface area (TPSA) is 72.8 Å². The lowest BCUT2D eigenvalue weighted by atomic mass is 10.1. The van der Waals surface area contributed by atoms with E-state index >= 15 is 0 Å². The molecule has 2 aromatic carbocycles. The number of aromatic nitrogens is 4. The van der Waals surface area contributed by atoms with Crippen molar-refractivity contribution < 1.29 is 9.13 Å². The summed E-state index contributed by atoms with van der Waals surface area (Å²) < 4.78 is 20.1. The first kappa shape index (κ1) is 18.5. The first-order valence-electron chi connectivity index (χ1n) is 9.31. The zero-order valence-electron chi connectivity index (χ0n) is 15.7. The quantitative estimate of drug-likeness (QED) is 0.475. The Morgan fingerprint density at radius 2 is 1.87 bits per heavy atom. The van der Waals surface area contributed by atoms with E-state index in [9.17, 15) is 4.39 Å². The molecular formula is C22H16FN5OS. The van der Waals surface area contributed by atoms with Crippen molar-refractivity contribution in [2.45, 2.75) is 17.1 Å². The molecule has 148 valence electrons. The van der Waals surface area contributed by atoms with Crippen LogP contribution in [0.4, 0.5) is 10.1 Å². The van der Waals surface area contributed by atoms with Gasteiger partial charge in [0.15, 0.2) is 11.9 Å². The number of hydrogen-bond acceptors (Lipinski definition) is 7. The van der Waals surface area contributed by atoms with Crippen molar-refractivity contribution in [3.63, 3.8) is 0 Å². The molecule has 6 nitrogen and oxygen atoms in total. The third kappa shape index (κ3) is 3.69. The SMILES string of the molecule is Fc1ccccc1CSc1nnc2c(n1)O[C@@H](c1cccnc1)Nc1ccccc1-2. The van der Waals surface area contributed by atoms with E-state index in [1.807, 2.05) is 36.4 Å². The lowest BCUT2D eigenvalue weighted by Crippen LogP contribution is -2.17. The number of ether oxygens (including phenoxy) is 1. The van der Waals surface area contributed by atoms with Crippen LogP contribution in [0.15, 0.2) is 78.2 Å². The number of anilines is 1. The summed E-state index contributed by atoms with van der Waals surface area (Å²) in [5.41, 5.74) is 3.72. The van der Waals surface area contributed by atoms with E-state index in [0.717, 1.165) is 16.8 Å². The predicted octanol–water partition coefficient (Wildman–Crippen LogP) is 4.87. The van der Waals surface area contributed by atoms with E-state index in [-0.39, 0.29) is 5.82 Å². The number of thioether (sulfide) groups is 1. The Morgan fingerprint density at radius 1 is 1.00 bits per heavy atom. The van der Waals surface area contributed by atoms with E-state index in [2.05, 4.69) is 25.5 Å². The molecule has 1 aliphatic heterocycles. The van der Waals surface area contributed by atoms with Crippen molar-refractivity contribution in [2.24, 2.45) is 0 Å². The van der Waals surface area contributed by atoms with Gasteiger partial charge in [-0.3, -0.25) is 4.98 Å². The highest BCUT2D eigenvalue weighted by Gasteiger charge is 2.26. The summed E-state index contributed by atoms with van der Waals surface area (Å²) in [6, 6.07) is 18.2. The molecule has 8 heteroatoms. The Bertz CT molecular complexity index is 1190. The zero-order chi connectivity index (χ0) is 20.3. The summed E-state index contributed by atoms with van der Waals surface area (Å²) >= 11 is 1.31. The lowest BCUT2D eigenvalue weighted by Gasteiger charge is -2.18. The van der Waals surface area contributed by atoms with Gasteiger partial charge in [-0.05, 0) is 23.8 Å². The number of hydrogen-bond donors (Lipinski definition) is 1. The Kier molecular flexibility index (Phi) is 4.98. The molecule has 2 aromatic heterocycles. The van der Waals surface area contributed by atoms with Gasteiger partial charge in [0.25, 0.3) is 0 Å². The minimum atomic E-state index is -0.484. The van der Waals surface area contributed by atoms with E-state index in [0.29, 0.717) is 28.0 Å². The van der Waals surface area contributed by atoms with Gasteiger partial charge in [0.05, 0.1) is 0 Å². The van der Waals surface area contributed by atoms with Gasteiger partial charge in [-0.1, -0.05) is 54.2 Å². The molecule has 0 radical (unpaired) electrons.